The minimum absolute atomic E-state index is 0.194. The van der Waals surface area contributed by atoms with Gasteiger partial charge in [-0.15, -0.1) is 0 Å². The van der Waals surface area contributed by atoms with Crippen LogP contribution in [0.1, 0.15) is 5.56 Å². The van der Waals surface area contributed by atoms with Crippen LogP contribution in [0.15, 0.2) is 54.6 Å². The molecule has 0 unspecified atom stereocenters. The summed E-state index contributed by atoms with van der Waals surface area (Å²) in [6.07, 6.45) is 0. The van der Waals surface area contributed by atoms with Gasteiger partial charge in [-0.3, -0.25) is 0 Å². The molecule has 1 fully saturated rings. The number of hydrogen-bond acceptors (Lipinski definition) is 6. The van der Waals surface area contributed by atoms with Crippen LogP contribution in [0.3, 0.4) is 0 Å². The summed E-state index contributed by atoms with van der Waals surface area (Å²) in [7, 11) is 0. The van der Waals surface area contributed by atoms with Gasteiger partial charge in [-0.05, 0) is 0 Å². The van der Waals surface area contributed by atoms with Crippen molar-refractivity contribution in [2.45, 2.75) is 0 Å². The van der Waals surface area contributed by atoms with Gasteiger partial charge in [0.2, 0.25) is 0 Å². The zero-order valence-electron chi connectivity index (χ0n) is 15.1. The molecule has 1 aromatic heterocycles. The van der Waals surface area contributed by atoms with Crippen molar-refractivity contribution in [1.82, 2.24) is 9.97 Å². The maximum atomic E-state index is 9.84. The Morgan fingerprint density at radius 2 is 1.82 bits per heavy atom. The molecule has 139 valence electrons. The minimum atomic E-state index is -0.355. The fourth-order valence-electron chi connectivity index (χ4n) is 2.95. The molecular weight excluding hydrogens is 415 g/mol. The van der Waals surface area contributed by atoms with E-state index < -0.39 is 0 Å². The zero-order chi connectivity index (χ0) is 19.3. The normalized spacial score (nSPS) is 14.3. The Hall–Kier alpha value is -2.87. The molecular formula is C21H18AsN4O2. The van der Waals surface area contributed by atoms with Gasteiger partial charge < -0.3 is 0 Å². The molecule has 0 aliphatic carbocycles. The molecule has 0 saturated carbocycles. The first-order valence-corrected chi connectivity index (χ1v) is 10.8. The van der Waals surface area contributed by atoms with E-state index in [4.69, 9.17) is 20.0 Å². The molecule has 1 aliphatic rings. The fourth-order valence-corrected chi connectivity index (χ4v) is 4.81. The van der Waals surface area contributed by atoms with Crippen LogP contribution in [-0.4, -0.2) is 57.1 Å². The summed E-state index contributed by atoms with van der Waals surface area (Å²) in [6.45, 7) is 2.96. The van der Waals surface area contributed by atoms with E-state index in [-0.39, 0.29) is 21.5 Å². The van der Waals surface area contributed by atoms with Gasteiger partial charge in [0.1, 0.15) is 0 Å². The van der Waals surface area contributed by atoms with Gasteiger partial charge in [0.05, 0.1) is 0 Å². The predicted molar refractivity (Wildman–Crippen MR) is 108 cm³/mol. The van der Waals surface area contributed by atoms with Crippen molar-refractivity contribution in [3.8, 4) is 23.2 Å². The van der Waals surface area contributed by atoms with Crippen LogP contribution in [0.5, 0.6) is 5.75 Å². The van der Waals surface area contributed by atoms with Crippen molar-refractivity contribution in [3.63, 3.8) is 0 Å². The Labute approximate surface area is 170 Å². The Morgan fingerprint density at radius 3 is 2.54 bits per heavy atom. The van der Waals surface area contributed by atoms with Gasteiger partial charge in [-0.2, -0.15) is 0 Å². The molecule has 2 heterocycles. The average molecular weight is 433 g/mol. The SMILES string of the molecule is N#Cc1ccc([As]c2cc(N3CCOCC3)nc(-c3cccc(O)c3)n2)cc1. The first kappa shape index (κ1) is 18.5. The van der Waals surface area contributed by atoms with Gasteiger partial charge in [0.25, 0.3) is 0 Å². The predicted octanol–water partition coefficient (Wildman–Crippen LogP) is 1.21. The first-order valence-electron chi connectivity index (χ1n) is 8.94. The molecule has 6 nitrogen and oxygen atoms in total. The summed E-state index contributed by atoms with van der Waals surface area (Å²) in [5, 5.41) is 18.8. The Kier molecular flexibility index (Phi) is 5.57. The molecule has 2 aromatic carbocycles. The number of aromatic nitrogens is 2. The molecule has 0 amide bonds. The van der Waals surface area contributed by atoms with E-state index in [0.717, 1.165) is 29.0 Å². The molecule has 1 radical (unpaired) electrons. The molecule has 28 heavy (non-hydrogen) atoms. The van der Waals surface area contributed by atoms with Crippen LogP contribution in [0.4, 0.5) is 5.82 Å². The third-order valence-corrected chi connectivity index (χ3v) is 6.51. The molecule has 3 aromatic rings. The van der Waals surface area contributed by atoms with E-state index in [2.05, 4.69) is 17.0 Å². The number of morpholine rings is 1. The molecule has 1 saturated heterocycles. The van der Waals surface area contributed by atoms with E-state index >= 15 is 0 Å². The number of phenols is 1. The molecule has 4 rings (SSSR count). The zero-order valence-corrected chi connectivity index (χ0v) is 17.0. The number of nitrogens with zero attached hydrogens (tertiary/aromatic N) is 4. The van der Waals surface area contributed by atoms with Gasteiger partial charge in [0.15, 0.2) is 0 Å². The maximum absolute atomic E-state index is 9.84. The second-order valence-corrected chi connectivity index (χ2v) is 8.84. The number of rotatable bonds is 4. The van der Waals surface area contributed by atoms with Crippen LogP contribution in [0.25, 0.3) is 11.4 Å². The number of anilines is 1. The van der Waals surface area contributed by atoms with E-state index in [1.165, 1.54) is 4.35 Å². The molecule has 0 atom stereocenters. The number of benzene rings is 2. The number of aromatic hydroxyl groups is 1. The second-order valence-electron chi connectivity index (χ2n) is 6.33. The van der Waals surface area contributed by atoms with Crippen LogP contribution < -0.4 is 13.7 Å². The molecule has 0 spiro atoms. The topological polar surface area (TPSA) is 82.3 Å². The average Bonchev–Trinajstić information content (AvgIpc) is 2.75. The first-order chi connectivity index (χ1) is 13.7. The van der Waals surface area contributed by atoms with E-state index in [1.54, 1.807) is 18.2 Å². The molecule has 1 N–H and O–H groups in total. The van der Waals surface area contributed by atoms with Crippen LogP contribution in [-0.2, 0) is 4.74 Å². The van der Waals surface area contributed by atoms with Crippen molar-refractivity contribution in [2.24, 2.45) is 0 Å². The van der Waals surface area contributed by atoms with E-state index in [0.29, 0.717) is 24.6 Å². The summed E-state index contributed by atoms with van der Waals surface area (Å²) < 4.78 is 7.61. The third kappa shape index (κ3) is 4.33. The summed E-state index contributed by atoms with van der Waals surface area (Å²) >= 11 is -0.355. The number of ether oxygens (including phenoxy) is 1. The number of hydrogen-bond donors (Lipinski definition) is 1. The summed E-state index contributed by atoms with van der Waals surface area (Å²) in [5.74, 6) is 1.69. The summed E-state index contributed by atoms with van der Waals surface area (Å²) in [6, 6.07) is 18.9. The van der Waals surface area contributed by atoms with Crippen LogP contribution in [0, 0.1) is 11.3 Å². The Morgan fingerprint density at radius 1 is 1.04 bits per heavy atom. The quantitative estimate of drug-likeness (QED) is 0.623. The molecule has 7 heteroatoms. The fraction of sp³-hybridized carbons (Fsp3) is 0.190. The standard InChI is InChI=1S/C21H18AsN4O2/c23-14-15-4-6-17(7-5-15)22-19-13-20(26-8-10-28-11-9-26)25-21(24-19)16-2-1-3-18(27)12-16/h1-7,12-13,27H,8-11H2. The van der Waals surface area contributed by atoms with Crippen molar-refractivity contribution in [2.75, 3.05) is 31.2 Å². The van der Waals surface area contributed by atoms with Gasteiger partial charge >= 0.3 is 170 Å². The van der Waals surface area contributed by atoms with Crippen molar-refractivity contribution < 1.29 is 9.84 Å². The molecule has 1 aliphatic heterocycles. The number of nitriles is 1. The summed E-state index contributed by atoms with van der Waals surface area (Å²) in [4.78, 5) is 11.7. The van der Waals surface area contributed by atoms with Crippen LogP contribution >= 0.6 is 0 Å². The van der Waals surface area contributed by atoms with Crippen molar-refractivity contribution in [1.29, 1.82) is 5.26 Å². The van der Waals surface area contributed by atoms with Gasteiger partial charge in [-0.25, -0.2) is 0 Å². The number of phenolic OH excluding ortho intramolecular Hbond substituents is 1. The summed E-state index contributed by atoms with van der Waals surface area (Å²) in [5.41, 5.74) is 1.44. The van der Waals surface area contributed by atoms with Crippen molar-refractivity contribution >= 4 is 30.4 Å². The van der Waals surface area contributed by atoms with Gasteiger partial charge in [-0.1, -0.05) is 0 Å². The van der Waals surface area contributed by atoms with Gasteiger partial charge in [0, 0.05) is 0 Å². The Balaban J connectivity index is 1.71. The third-order valence-electron chi connectivity index (χ3n) is 4.38. The van der Waals surface area contributed by atoms with E-state index in [9.17, 15) is 5.11 Å². The van der Waals surface area contributed by atoms with Crippen molar-refractivity contribution in [3.05, 3.63) is 60.2 Å². The van der Waals surface area contributed by atoms with Crippen LogP contribution in [0.2, 0.25) is 0 Å². The Bertz CT molecular complexity index is 1010. The second kappa shape index (κ2) is 8.43. The monoisotopic (exact) mass is 433 g/mol. The molecule has 0 bridgehead atoms. The van der Waals surface area contributed by atoms with E-state index in [1.807, 2.05) is 30.3 Å².